The van der Waals surface area contributed by atoms with Gasteiger partial charge in [-0.15, -0.1) is 0 Å². The first kappa shape index (κ1) is 10.3. The number of nitrogens with two attached hydrogens (primary N) is 1. The van der Waals surface area contributed by atoms with Gasteiger partial charge in [0.15, 0.2) is 0 Å². The molecule has 0 fully saturated rings. The Morgan fingerprint density at radius 1 is 1.64 bits per heavy atom. The predicted octanol–water partition coefficient (Wildman–Crippen LogP) is -0.221. The first-order valence-electron chi connectivity index (χ1n) is 3.62. The number of carbonyl (C=O) groups excluding carboxylic acids is 1. The van der Waals surface area contributed by atoms with E-state index in [1.807, 2.05) is 20.8 Å². The number of nitrogens with one attached hydrogen (secondary N) is 1. The maximum absolute atomic E-state index is 10.8. The molecule has 0 aliphatic carbocycles. The topological polar surface area (TPSA) is 64.3 Å². The first-order chi connectivity index (χ1) is 4.95. The zero-order valence-corrected chi connectivity index (χ0v) is 7.31. The molecule has 4 nitrogen and oxygen atoms in total. The summed E-state index contributed by atoms with van der Waals surface area (Å²) in [6.45, 7) is 5.44. The lowest BCUT2D eigenvalue weighted by atomic mass is 9.97. The van der Waals surface area contributed by atoms with Crippen LogP contribution in [0.15, 0.2) is 0 Å². The van der Waals surface area contributed by atoms with Crippen molar-refractivity contribution in [3.63, 3.8) is 0 Å². The fourth-order valence-electron chi connectivity index (χ4n) is 0.488. The molecule has 0 unspecified atom stereocenters. The van der Waals surface area contributed by atoms with Gasteiger partial charge in [-0.25, -0.2) is 4.79 Å². The molecule has 5 heteroatoms. The number of carbonyl (C=O) groups is 1. The third-order valence-electron chi connectivity index (χ3n) is 0.813. The summed E-state index contributed by atoms with van der Waals surface area (Å²) in [6, 6.07) is 0. The average molecular weight is 158 g/mol. The van der Waals surface area contributed by atoms with Crippen molar-refractivity contribution in [2.24, 2.45) is 5.73 Å². The highest BCUT2D eigenvalue weighted by Crippen LogP contribution is 2.05. The van der Waals surface area contributed by atoms with Gasteiger partial charge < -0.3 is 15.7 Å². The van der Waals surface area contributed by atoms with E-state index in [9.17, 15) is 4.79 Å². The molecule has 3 N–H and O–H groups in total. The molecule has 0 spiro atoms. The number of hydrogen-bond donors (Lipinski definition) is 2. The predicted molar refractivity (Wildman–Crippen MR) is 45.6 cm³/mol. The molecule has 1 amide bonds. The Bertz CT molecular complexity index is 133. The summed E-state index contributed by atoms with van der Waals surface area (Å²) in [7, 11) is 0.453. The summed E-state index contributed by atoms with van der Waals surface area (Å²) < 4.78 is 4.93. The summed E-state index contributed by atoms with van der Waals surface area (Å²) in [6.07, 6.45) is 0.0159. The van der Waals surface area contributed by atoms with Gasteiger partial charge in [0, 0.05) is 0 Å². The lowest BCUT2D eigenvalue weighted by Gasteiger charge is -2.19. The van der Waals surface area contributed by atoms with E-state index in [4.69, 9.17) is 10.5 Å². The smallest absolute Gasteiger partial charge is 0.395 e. The van der Waals surface area contributed by atoms with E-state index >= 15 is 0 Å². The summed E-state index contributed by atoms with van der Waals surface area (Å²) >= 11 is 0. The zero-order chi connectivity index (χ0) is 8.91. The van der Waals surface area contributed by atoms with Gasteiger partial charge in [0.05, 0.1) is 0 Å². The largest absolute Gasteiger partial charge is 0.445 e. The van der Waals surface area contributed by atoms with Crippen LogP contribution in [0.1, 0.15) is 20.8 Å². The molecule has 0 aromatic heterocycles. The summed E-state index contributed by atoms with van der Waals surface area (Å²) in [5, 5.41) is 2.50. The lowest BCUT2D eigenvalue weighted by molar-refractivity contribution is 0.0568. The van der Waals surface area contributed by atoms with E-state index in [0.717, 1.165) is 0 Å². The summed E-state index contributed by atoms with van der Waals surface area (Å²) in [5.41, 5.74) is 4.74. The highest BCUT2D eigenvalue weighted by atomic mass is 16.6. The monoisotopic (exact) mass is 158 g/mol. The number of amides is 1. The fraction of sp³-hybridized carbons (Fsp3) is 0.833. The van der Waals surface area contributed by atoms with Gasteiger partial charge in [-0.2, -0.15) is 0 Å². The van der Waals surface area contributed by atoms with Crippen molar-refractivity contribution in [3.8, 4) is 0 Å². The normalized spacial score (nSPS) is 10.5. The molecule has 0 rings (SSSR count). The van der Waals surface area contributed by atoms with Crippen LogP contribution in [0.4, 0.5) is 4.79 Å². The maximum atomic E-state index is 10.8. The minimum absolute atomic E-state index is 0.414. The Morgan fingerprint density at radius 2 is 2.18 bits per heavy atom. The number of ether oxygens (including phenoxy) is 1. The summed E-state index contributed by atoms with van der Waals surface area (Å²) in [5.74, 6) is 0. The van der Waals surface area contributed by atoms with E-state index in [-0.39, 0.29) is 0 Å². The molecule has 0 radical (unpaired) electrons. The van der Waals surface area contributed by atoms with Crippen LogP contribution >= 0.6 is 0 Å². The van der Waals surface area contributed by atoms with Crippen molar-refractivity contribution in [3.05, 3.63) is 0 Å². The van der Waals surface area contributed by atoms with Gasteiger partial charge in [-0.3, -0.25) is 0 Å². The molecule has 0 aromatic carbocycles. The van der Waals surface area contributed by atoms with Crippen molar-refractivity contribution in [1.82, 2.24) is 5.23 Å². The van der Waals surface area contributed by atoms with Gasteiger partial charge in [0.25, 0.3) is 7.41 Å². The molecule has 0 aromatic rings. The second-order valence-electron chi connectivity index (χ2n) is 3.22. The highest BCUT2D eigenvalue weighted by Gasteiger charge is 2.14. The van der Waals surface area contributed by atoms with Crippen LogP contribution < -0.4 is 11.0 Å². The van der Waals surface area contributed by atoms with Crippen LogP contribution in [0.2, 0.25) is 0 Å². The van der Waals surface area contributed by atoms with Crippen LogP contribution in [0.3, 0.4) is 0 Å². The molecule has 0 saturated carbocycles. The zero-order valence-electron chi connectivity index (χ0n) is 7.31. The molecule has 0 aliphatic rings. The molecule has 11 heavy (non-hydrogen) atoms. The van der Waals surface area contributed by atoms with Crippen LogP contribution in [0, 0.1) is 0 Å². The molecule has 0 heterocycles. The molecular weight excluding hydrogens is 143 g/mol. The van der Waals surface area contributed by atoms with Gasteiger partial charge in [-0.05, 0) is 27.2 Å². The van der Waals surface area contributed by atoms with E-state index in [2.05, 4.69) is 5.23 Å². The minimum Gasteiger partial charge on any atom is -0.445 e. The lowest BCUT2D eigenvalue weighted by Crippen LogP contribution is -2.37. The van der Waals surface area contributed by atoms with Crippen LogP contribution in [-0.2, 0) is 4.74 Å². The van der Waals surface area contributed by atoms with Crippen molar-refractivity contribution in [2.75, 3.05) is 6.44 Å². The van der Waals surface area contributed by atoms with Crippen molar-refractivity contribution >= 4 is 13.5 Å². The van der Waals surface area contributed by atoms with E-state index in [1.54, 1.807) is 0 Å². The van der Waals surface area contributed by atoms with Crippen molar-refractivity contribution in [2.45, 2.75) is 26.4 Å². The number of hydrogen-bond acceptors (Lipinski definition) is 3. The van der Waals surface area contributed by atoms with E-state index in [0.29, 0.717) is 13.9 Å². The molecule has 0 atom stereocenters. The molecule has 64 valence electrons. The third kappa shape index (κ3) is 7.19. The standard InChI is InChI=1S/C6H15BN2O2/c1-6(2,3)11-5(10)9-7-4-8/h7H,4,8H2,1-3H3,(H,9,10). The SMILES string of the molecule is CC(C)(C)OC(=O)NBCN. The quantitative estimate of drug-likeness (QED) is 0.546. The Balaban J connectivity index is 3.53. The van der Waals surface area contributed by atoms with Crippen molar-refractivity contribution < 1.29 is 9.53 Å². The van der Waals surface area contributed by atoms with Gasteiger partial charge in [0.2, 0.25) is 0 Å². The second-order valence-corrected chi connectivity index (χ2v) is 3.22. The van der Waals surface area contributed by atoms with Crippen molar-refractivity contribution in [1.29, 1.82) is 0 Å². The Morgan fingerprint density at radius 3 is 2.55 bits per heavy atom. The Labute approximate surface area is 67.7 Å². The number of rotatable bonds is 2. The maximum Gasteiger partial charge on any atom is 0.395 e. The fourth-order valence-corrected chi connectivity index (χ4v) is 0.488. The first-order valence-corrected chi connectivity index (χ1v) is 3.62. The minimum atomic E-state index is -0.432. The van der Waals surface area contributed by atoms with Crippen LogP contribution in [-0.4, -0.2) is 25.6 Å². The average Bonchev–Trinajstić information content (AvgIpc) is 1.79. The van der Waals surface area contributed by atoms with Gasteiger partial charge in [0.1, 0.15) is 5.60 Å². The molecule has 0 aliphatic heterocycles. The van der Waals surface area contributed by atoms with Gasteiger partial charge in [-0.1, -0.05) is 0 Å². The Hall–Kier alpha value is -0.705. The molecular formula is C6H15BN2O2. The third-order valence-corrected chi connectivity index (χ3v) is 0.813. The van der Waals surface area contributed by atoms with Crippen LogP contribution in [0.25, 0.3) is 0 Å². The van der Waals surface area contributed by atoms with Crippen LogP contribution in [0.5, 0.6) is 0 Å². The Kier molecular flexibility index (Phi) is 3.96. The van der Waals surface area contributed by atoms with Gasteiger partial charge >= 0.3 is 6.09 Å². The van der Waals surface area contributed by atoms with E-state index < -0.39 is 11.7 Å². The summed E-state index contributed by atoms with van der Waals surface area (Å²) in [4.78, 5) is 10.8. The highest BCUT2D eigenvalue weighted by molar-refractivity contribution is 6.36. The second kappa shape index (κ2) is 4.23. The molecule has 0 bridgehead atoms. The molecule has 0 saturated heterocycles. The van der Waals surface area contributed by atoms with E-state index in [1.165, 1.54) is 0 Å².